The van der Waals surface area contributed by atoms with E-state index in [2.05, 4.69) is 49.1 Å². The topological polar surface area (TPSA) is 54.8 Å². The highest BCUT2D eigenvalue weighted by molar-refractivity contribution is 7.80. The van der Waals surface area contributed by atoms with Crippen molar-refractivity contribution in [2.24, 2.45) is 0 Å². The minimum Gasteiger partial charge on any atom is -0.383 e. The van der Waals surface area contributed by atoms with Crippen LogP contribution in [0.2, 0.25) is 0 Å². The Morgan fingerprint density at radius 2 is 2.03 bits per heavy atom. The van der Waals surface area contributed by atoms with Gasteiger partial charge in [-0.3, -0.25) is 9.88 Å². The van der Waals surface area contributed by atoms with Crippen molar-refractivity contribution >= 4 is 17.3 Å². The average Bonchev–Trinajstić information content (AvgIpc) is 3.35. The van der Waals surface area contributed by atoms with Crippen LogP contribution in [-0.4, -0.2) is 77.6 Å². The van der Waals surface area contributed by atoms with Crippen LogP contribution in [0.5, 0.6) is 0 Å². The summed E-state index contributed by atoms with van der Waals surface area (Å²) in [7, 11) is 1.74. The van der Waals surface area contributed by atoms with Gasteiger partial charge in [-0.1, -0.05) is 6.07 Å². The van der Waals surface area contributed by atoms with Gasteiger partial charge >= 0.3 is 0 Å². The Balaban J connectivity index is 1.60. The van der Waals surface area contributed by atoms with Crippen molar-refractivity contribution in [3.63, 3.8) is 0 Å². The Morgan fingerprint density at radius 3 is 2.79 bits per heavy atom. The monoisotopic (exact) mass is 415 g/mol. The number of rotatable bonds is 8. The van der Waals surface area contributed by atoms with Gasteiger partial charge in [0.15, 0.2) is 5.11 Å². The minimum absolute atomic E-state index is 0.0181. The lowest BCUT2D eigenvalue weighted by Gasteiger charge is -2.32. The third-order valence-electron chi connectivity index (χ3n) is 5.66. The van der Waals surface area contributed by atoms with Gasteiger partial charge in [0.2, 0.25) is 0 Å². The molecule has 0 radical (unpaired) electrons. The number of thiocarbonyl (C=S) groups is 1. The quantitative estimate of drug-likeness (QED) is 0.660. The molecule has 4 rings (SSSR count). The third-order valence-corrected chi connectivity index (χ3v) is 6.01. The fourth-order valence-corrected chi connectivity index (χ4v) is 4.46. The van der Waals surface area contributed by atoms with E-state index < -0.39 is 0 Å². The molecule has 0 amide bonds. The maximum absolute atomic E-state index is 5.78. The summed E-state index contributed by atoms with van der Waals surface area (Å²) in [4.78, 5) is 9.39. The molecule has 8 heteroatoms. The fourth-order valence-electron chi connectivity index (χ4n) is 4.13. The summed E-state index contributed by atoms with van der Waals surface area (Å²) in [5.74, 6) is 0. The smallest absolute Gasteiger partial charge is 0.170 e. The molecule has 2 aromatic heterocycles. The Kier molecular flexibility index (Phi) is 6.76. The highest BCUT2D eigenvalue weighted by Crippen LogP contribution is 2.38. The van der Waals surface area contributed by atoms with Crippen molar-refractivity contribution < 1.29 is 9.47 Å². The van der Waals surface area contributed by atoms with Crippen LogP contribution in [0.25, 0.3) is 0 Å². The van der Waals surface area contributed by atoms with E-state index in [9.17, 15) is 0 Å². The lowest BCUT2D eigenvalue weighted by Crippen LogP contribution is -2.42. The van der Waals surface area contributed by atoms with E-state index in [-0.39, 0.29) is 12.1 Å². The lowest BCUT2D eigenvalue weighted by molar-refractivity contribution is 0.0349. The predicted octanol–water partition coefficient (Wildman–Crippen LogP) is 1.83. The van der Waals surface area contributed by atoms with Crippen LogP contribution in [0.3, 0.4) is 0 Å². The summed E-state index contributed by atoms with van der Waals surface area (Å²) >= 11 is 5.78. The third kappa shape index (κ3) is 4.61. The molecule has 2 aromatic rings. The van der Waals surface area contributed by atoms with Crippen LogP contribution in [-0.2, 0) is 16.0 Å². The Bertz CT molecular complexity index is 793. The van der Waals surface area contributed by atoms with E-state index in [1.54, 1.807) is 7.11 Å². The van der Waals surface area contributed by atoms with Gasteiger partial charge in [-0.25, -0.2) is 0 Å². The summed E-state index contributed by atoms with van der Waals surface area (Å²) in [6.07, 6.45) is 3.96. The Hall–Kier alpha value is -2.00. The van der Waals surface area contributed by atoms with Gasteiger partial charge in [-0.2, -0.15) is 0 Å². The van der Waals surface area contributed by atoms with Gasteiger partial charge in [0, 0.05) is 57.9 Å². The van der Waals surface area contributed by atoms with Gasteiger partial charge in [0.05, 0.1) is 37.6 Å². The number of ether oxygens (including phenoxy) is 2. The molecule has 2 saturated heterocycles. The van der Waals surface area contributed by atoms with E-state index in [0.29, 0.717) is 6.61 Å². The Morgan fingerprint density at radius 1 is 1.17 bits per heavy atom. The first-order chi connectivity index (χ1) is 14.3. The zero-order valence-corrected chi connectivity index (χ0v) is 17.7. The highest BCUT2D eigenvalue weighted by atomic mass is 32.1. The number of nitrogens with one attached hydrogen (secondary N) is 1. The van der Waals surface area contributed by atoms with E-state index in [1.807, 2.05) is 18.3 Å². The normalized spacial score (nSPS) is 22.8. The largest absolute Gasteiger partial charge is 0.383 e. The van der Waals surface area contributed by atoms with Gasteiger partial charge in [-0.15, -0.1) is 0 Å². The number of hydrogen-bond acceptors (Lipinski definition) is 5. The molecular weight excluding hydrogens is 386 g/mol. The van der Waals surface area contributed by atoms with Gasteiger partial charge in [0.1, 0.15) is 0 Å². The van der Waals surface area contributed by atoms with Crippen molar-refractivity contribution in [1.29, 1.82) is 0 Å². The van der Waals surface area contributed by atoms with Crippen molar-refractivity contribution in [2.45, 2.75) is 18.6 Å². The van der Waals surface area contributed by atoms with Crippen molar-refractivity contribution in [2.75, 3.05) is 53.1 Å². The van der Waals surface area contributed by atoms with Crippen LogP contribution in [0.15, 0.2) is 42.7 Å². The van der Waals surface area contributed by atoms with Crippen LogP contribution in [0.4, 0.5) is 0 Å². The second-order valence-corrected chi connectivity index (χ2v) is 7.78. The summed E-state index contributed by atoms with van der Waals surface area (Å²) in [6.45, 7) is 6.90. The van der Waals surface area contributed by atoms with Gasteiger partial charge < -0.3 is 24.3 Å². The molecule has 2 aliphatic heterocycles. The molecule has 4 heterocycles. The molecule has 0 spiro atoms. The fraction of sp³-hybridized carbons (Fsp3) is 0.524. The van der Waals surface area contributed by atoms with Crippen molar-refractivity contribution in [3.8, 4) is 0 Å². The zero-order chi connectivity index (χ0) is 20.1. The molecular formula is C21H29N5O2S. The van der Waals surface area contributed by atoms with Crippen LogP contribution in [0, 0.1) is 0 Å². The first kappa shape index (κ1) is 20.3. The second-order valence-electron chi connectivity index (χ2n) is 7.39. The predicted molar refractivity (Wildman–Crippen MR) is 116 cm³/mol. The molecule has 0 aliphatic carbocycles. The molecule has 7 nitrogen and oxygen atoms in total. The number of morpholine rings is 1. The van der Waals surface area contributed by atoms with Gasteiger partial charge in [0.25, 0.3) is 0 Å². The summed E-state index contributed by atoms with van der Waals surface area (Å²) in [5, 5.41) is 4.33. The van der Waals surface area contributed by atoms with E-state index >= 15 is 0 Å². The molecule has 29 heavy (non-hydrogen) atoms. The number of pyridine rings is 1. The second kappa shape index (κ2) is 9.67. The minimum atomic E-state index is 0.0181. The molecule has 1 N–H and O–H groups in total. The first-order valence-electron chi connectivity index (χ1n) is 10.2. The molecule has 156 valence electrons. The first-order valence-corrected chi connectivity index (χ1v) is 10.6. The maximum Gasteiger partial charge on any atom is 0.170 e. The number of hydrogen-bond donors (Lipinski definition) is 1. The van der Waals surface area contributed by atoms with Crippen molar-refractivity contribution in [1.82, 2.24) is 24.7 Å². The number of nitrogens with zero attached hydrogens (tertiary/aromatic N) is 4. The number of methoxy groups -OCH3 is 1. The SMILES string of the molecule is COCCn1cccc1C1C(c2ccccn2)NC(=S)N1CCN1CCOCC1. The number of aromatic nitrogens is 2. The lowest BCUT2D eigenvalue weighted by atomic mass is 10.0. The molecule has 2 aliphatic rings. The molecule has 0 bridgehead atoms. The van der Waals surface area contributed by atoms with Crippen LogP contribution in [0.1, 0.15) is 23.5 Å². The van der Waals surface area contributed by atoms with E-state index in [1.165, 1.54) is 5.69 Å². The van der Waals surface area contributed by atoms with Gasteiger partial charge in [-0.05, 0) is 36.5 Å². The average molecular weight is 416 g/mol. The van der Waals surface area contributed by atoms with E-state index in [4.69, 9.17) is 21.7 Å². The maximum atomic E-state index is 5.78. The van der Waals surface area contributed by atoms with E-state index in [0.717, 1.165) is 56.7 Å². The molecule has 0 saturated carbocycles. The summed E-state index contributed by atoms with van der Waals surface area (Å²) in [6, 6.07) is 10.4. The Labute approximate surface area is 177 Å². The molecule has 0 aromatic carbocycles. The molecule has 2 atom stereocenters. The zero-order valence-electron chi connectivity index (χ0n) is 16.9. The highest BCUT2D eigenvalue weighted by Gasteiger charge is 2.41. The summed E-state index contributed by atoms with van der Waals surface area (Å²) < 4.78 is 13.1. The summed E-state index contributed by atoms with van der Waals surface area (Å²) in [5.41, 5.74) is 2.24. The molecule has 2 unspecified atom stereocenters. The van der Waals surface area contributed by atoms with Crippen molar-refractivity contribution in [3.05, 3.63) is 54.1 Å². The van der Waals surface area contributed by atoms with Crippen LogP contribution < -0.4 is 5.32 Å². The molecule has 2 fully saturated rings. The van der Waals surface area contributed by atoms with Crippen LogP contribution >= 0.6 is 12.2 Å². The standard InChI is InChI=1S/C21H29N5O2S/c1-27-14-13-25-8-4-6-18(25)20-19(17-5-2-3-7-22-17)23-21(29)26(20)10-9-24-11-15-28-16-12-24/h2-8,19-20H,9-16H2,1H3,(H,23,29).